The maximum absolute atomic E-state index is 5.64. The highest BCUT2D eigenvalue weighted by molar-refractivity contribution is 5.80. The van der Waals surface area contributed by atoms with Crippen LogP contribution in [0.3, 0.4) is 0 Å². The Kier molecular flexibility index (Phi) is 2.82. The number of benzene rings is 1. The molecule has 0 saturated carbocycles. The molecule has 2 N–H and O–H groups in total. The van der Waals surface area contributed by atoms with E-state index >= 15 is 0 Å². The first-order valence-electron chi connectivity index (χ1n) is 6.78. The molecular weight excluding hydrogens is 236 g/mol. The van der Waals surface area contributed by atoms with Gasteiger partial charge in [-0.2, -0.15) is 0 Å². The van der Waals surface area contributed by atoms with Gasteiger partial charge in [0, 0.05) is 25.4 Å². The average molecular weight is 256 g/mol. The summed E-state index contributed by atoms with van der Waals surface area (Å²) in [6.07, 6.45) is 3.03. The van der Waals surface area contributed by atoms with Crippen LogP contribution in [0.5, 0.6) is 0 Å². The molecular formula is C15H20N4. The summed E-state index contributed by atoms with van der Waals surface area (Å²) in [5.74, 6) is 1.52. The van der Waals surface area contributed by atoms with Crippen molar-refractivity contribution in [3.8, 4) is 0 Å². The molecule has 0 aliphatic heterocycles. The average Bonchev–Trinajstić information content (AvgIpc) is 2.88. The van der Waals surface area contributed by atoms with Crippen LogP contribution in [0.15, 0.2) is 24.4 Å². The number of fused-ring (bicyclic) bond motifs is 3. The van der Waals surface area contributed by atoms with Crippen LogP contribution < -0.4 is 5.73 Å². The van der Waals surface area contributed by atoms with Crippen LogP contribution >= 0.6 is 0 Å². The van der Waals surface area contributed by atoms with Gasteiger partial charge in [0.1, 0.15) is 0 Å². The third kappa shape index (κ3) is 1.83. The quantitative estimate of drug-likeness (QED) is 0.782. The smallest absolute Gasteiger partial charge is 0.214 e. The predicted octanol–water partition coefficient (Wildman–Crippen LogP) is 2.45. The molecule has 19 heavy (non-hydrogen) atoms. The second-order valence-corrected chi connectivity index (χ2v) is 5.40. The van der Waals surface area contributed by atoms with Crippen molar-refractivity contribution in [1.82, 2.24) is 14.0 Å². The van der Waals surface area contributed by atoms with E-state index in [1.807, 2.05) is 0 Å². The standard InChI is InChI=1S/C15H20N4/c1-10(2)11-4-5-14-13(8-11)17-15-18(3)12(6-7-16)9-19(14)15/h4-5,8-10H,6-7,16H2,1-3H3. The number of aromatic nitrogens is 3. The summed E-state index contributed by atoms with van der Waals surface area (Å²) in [5, 5.41) is 0. The number of aryl methyl sites for hydroxylation is 1. The molecule has 0 fully saturated rings. The fourth-order valence-corrected chi connectivity index (χ4v) is 2.57. The first-order valence-corrected chi connectivity index (χ1v) is 6.78. The molecule has 1 aromatic carbocycles. The molecule has 2 heterocycles. The van der Waals surface area contributed by atoms with Crippen molar-refractivity contribution in [3.05, 3.63) is 35.7 Å². The second-order valence-electron chi connectivity index (χ2n) is 5.40. The Morgan fingerprint density at radius 2 is 2.11 bits per heavy atom. The SMILES string of the molecule is CC(C)c1ccc2c(c1)nc1n(C)c(CCN)cn21. The zero-order valence-electron chi connectivity index (χ0n) is 11.7. The van der Waals surface area contributed by atoms with Crippen molar-refractivity contribution in [3.63, 3.8) is 0 Å². The third-order valence-corrected chi connectivity index (χ3v) is 3.77. The minimum Gasteiger partial charge on any atom is -0.330 e. The van der Waals surface area contributed by atoms with Crippen molar-refractivity contribution >= 4 is 16.8 Å². The molecule has 0 saturated heterocycles. The van der Waals surface area contributed by atoms with E-state index in [0.29, 0.717) is 12.5 Å². The van der Waals surface area contributed by atoms with Gasteiger partial charge in [-0.1, -0.05) is 19.9 Å². The van der Waals surface area contributed by atoms with Crippen LogP contribution in [0.2, 0.25) is 0 Å². The van der Waals surface area contributed by atoms with Crippen molar-refractivity contribution in [2.24, 2.45) is 12.8 Å². The van der Waals surface area contributed by atoms with Crippen molar-refractivity contribution < 1.29 is 0 Å². The zero-order valence-corrected chi connectivity index (χ0v) is 11.7. The minimum atomic E-state index is 0.530. The van der Waals surface area contributed by atoms with Crippen molar-refractivity contribution in [2.75, 3.05) is 6.54 Å². The van der Waals surface area contributed by atoms with E-state index in [9.17, 15) is 0 Å². The van der Waals surface area contributed by atoms with E-state index < -0.39 is 0 Å². The molecule has 0 atom stereocenters. The van der Waals surface area contributed by atoms with Crippen molar-refractivity contribution in [2.45, 2.75) is 26.2 Å². The predicted molar refractivity (Wildman–Crippen MR) is 78.5 cm³/mol. The first kappa shape index (κ1) is 12.2. The zero-order chi connectivity index (χ0) is 13.6. The van der Waals surface area contributed by atoms with E-state index in [4.69, 9.17) is 10.7 Å². The molecule has 0 bridgehead atoms. The number of nitrogens with zero attached hydrogens (tertiary/aromatic N) is 3. The van der Waals surface area contributed by atoms with Crippen LogP contribution in [0.25, 0.3) is 16.8 Å². The molecule has 4 heteroatoms. The Hall–Kier alpha value is -1.81. The third-order valence-electron chi connectivity index (χ3n) is 3.77. The Morgan fingerprint density at radius 1 is 1.32 bits per heavy atom. The summed E-state index contributed by atoms with van der Waals surface area (Å²) < 4.78 is 4.28. The van der Waals surface area contributed by atoms with Gasteiger partial charge in [-0.15, -0.1) is 0 Å². The maximum atomic E-state index is 5.64. The highest BCUT2D eigenvalue weighted by atomic mass is 15.2. The van der Waals surface area contributed by atoms with Gasteiger partial charge in [0.25, 0.3) is 0 Å². The molecule has 0 unspecified atom stereocenters. The van der Waals surface area contributed by atoms with Crippen LogP contribution in [-0.4, -0.2) is 20.5 Å². The number of hydrogen-bond acceptors (Lipinski definition) is 2. The summed E-state index contributed by atoms with van der Waals surface area (Å²) in [6.45, 7) is 5.07. The van der Waals surface area contributed by atoms with Crippen LogP contribution in [0, 0.1) is 0 Å². The molecule has 3 rings (SSSR count). The largest absolute Gasteiger partial charge is 0.330 e. The lowest BCUT2D eigenvalue weighted by Gasteiger charge is -2.04. The minimum absolute atomic E-state index is 0.530. The van der Waals surface area contributed by atoms with Gasteiger partial charge in [-0.05, 0) is 30.2 Å². The lowest BCUT2D eigenvalue weighted by atomic mass is 10.0. The van der Waals surface area contributed by atoms with Crippen molar-refractivity contribution in [1.29, 1.82) is 0 Å². The van der Waals surface area contributed by atoms with Crippen LogP contribution in [0.1, 0.15) is 31.0 Å². The molecule has 0 aliphatic carbocycles. The molecule has 100 valence electrons. The lowest BCUT2D eigenvalue weighted by Crippen LogP contribution is -2.06. The summed E-state index contributed by atoms with van der Waals surface area (Å²) >= 11 is 0. The Morgan fingerprint density at radius 3 is 2.79 bits per heavy atom. The van der Waals surface area contributed by atoms with Gasteiger partial charge in [-0.25, -0.2) is 4.98 Å². The van der Waals surface area contributed by atoms with E-state index in [0.717, 1.165) is 17.7 Å². The lowest BCUT2D eigenvalue weighted by molar-refractivity contribution is 0.820. The van der Waals surface area contributed by atoms with Crippen LogP contribution in [0.4, 0.5) is 0 Å². The summed E-state index contributed by atoms with van der Waals surface area (Å²) in [6, 6.07) is 6.54. The molecule has 0 spiro atoms. The molecule has 0 amide bonds. The fourth-order valence-electron chi connectivity index (χ4n) is 2.57. The van der Waals surface area contributed by atoms with Gasteiger partial charge in [0.05, 0.1) is 11.0 Å². The number of nitrogens with two attached hydrogens (primary N) is 1. The highest BCUT2D eigenvalue weighted by Gasteiger charge is 2.12. The number of rotatable bonds is 3. The molecule has 3 aromatic rings. The van der Waals surface area contributed by atoms with Gasteiger partial charge >= 0.3 is 0 Å². The topological polar surface area (TPSA) is 48.2 Å². The first-order chi connectivity index (χ1) is 9.11. The van der Waals surface area contributed by atoms with Gasteiger partial charge < -0.3 is 10.3 Å². The van der Waals surface area contributed by atoms with E-state index in [1.54, 1.807) is 0 Å². The van der Waals surface area contributed by atoms with Gasteiger partial charge in [0.15, 0.2) is 0 Å². The van der Waals surface area contributed by atoms with E-state index in [2.05, 4.69) is 54.3 Å². The summed E-state index contributed by atoms with van der Waals surface area (Å²) in [4.78, 5) is 4.75. The van der Waals surface area contributed by atoms with E-state index in [-0.39, 0.29) is 0 Å². The number of imidazole rings is 2. The Labute approximate surface area is 112 Å². The second kappa shape index (κ2) is 4.38. The fraction of sp³-hybridized carbons (Fsp3) is 0.400. The highest BCUT2D eigenvalue weighted by Crippen LogP contribution is 2.23. The summed E-state index contributed by atoms with van der Waals surface area (Å²) in [7, 11) is 2.05. The Bertz CT molecular complexity index is 733. The molecule has 0 aliphatic rings. The maximum Gasteiger partial charge on any atom is 0.214 e. The van der Waals surface area contributed by atoms with Gasteiger partial charge in [0.2, 0.25) is 5.78 Å². The summed E-state index contributed by atoms with van der Waals surface area (Å²) in [5.41, 5.74) is 10.4. The van der Waals surface area contributed by atoms with Crippen LogP contribution in [-0.2, 0) is 13.5 Å². The Balaban J connectivity index is 2.23. The molecule has 2 aromatic heterocycles. The molecule has 4 nitrogen and oxygen atoms in total. The molecule has 0 radical (unpaired) electrons. The van der Waals surface area contributed by atoms with Gasteiger partial charge in [-0.3, -0.25) is 4.40 Å². The normalized spacial score (nSPS) is 12.1. The monoisotopic (exact) mass is 256 g/mol. The van der Waals surface area contributed by atoms with E-state index in [1.165, 1.54) is 16.8 Å². The number of hydrogen-bond donors (Lipinski definition) is 1.